The van der Waals surface area contributed by atoms with E-state index in [9.17, 15) is 19.8 Å². The third-order valence-corrected chi connectivity index (χ3v) is 13.3. The fourth-order valence-corrected chi connectivity index (χ4v) is 11.3. The number of aliphatic hydroxyl groups excluding tert-OH is 1. The SMILES string of the molecule is CC(=CC12CCC3(C)C(CCC4C5(C)CCC(O)C(C)(C)C5CCC43C)C1=C(C(C)C)C(=O)C2)C(=O)O. The van der Waals surface area contributed by atoms with Crippen LogP contribution in [0.4, 0.5) is 0 Å². The van der Waals surface area contributed by atoms with Crippen LogP contribution in [-0.2, 0) is 9.59 Å². The molecule has 4 fully saturated rings. The van der Waals surface area contributed by atoms with Gasteiger partial charge >= 0.3 is 5.97 Å². The Morgan fingerprint density at radius 1 is 0.919 bits per heavy atom. The first kappa shape index (κ1) is 27.2. The van der Waals surface area contributed by atoms with Crippen LogP contribution in [0.2, 0.25) is 0 Å². The van der Waals surface area contributed by atoms with E-state index in [2.05, 4.69) is 48.5 Å². The van der Waals surface area contributed by atoms with Crippen molar-refractivity contribution in [2.75, 3.05) is 0 Å². The maximum atomic E-state index is 13.6. The number of aliphatic carboxylic acids is 1. The van der Waals surface area contributed by atoms with Gasteiger partial charge in [-0.25, -0.2) is 4.79 Å². The predicted octanol–water partition coefficient (Wildman–Crippen LogP) is 7.36. The second-order valence-electron chi connectivity index (χ2n) is 15.4. The summed E-state index contributed by atoms with van der Waals surface area (Å²) in [7, 11) is 0. The topological polar surface area (TPSA) is 74.6 Å². The second kappa shape index (κ2) is 8.29. The number of fused-ring (bicyclic) bond motifs is 7. The average Bonchev–Trinajstić information content (AvgIpc) is 3.09. The molecule has 8 atom stereocenters. The van der Waals surface area contributed by atoms with Gasteiger partial charge in [0.1, 0.15) is 0 Å². The fourth-order valence-electron chi connectivity index (χ4n) is 11.3. The van der Waals surface area contributed by atoms with Gasteiger partial charge in [-0.1, -0.05) is 54.5 Å². The smallest absolute Gasteiger partial charge is 0.330 e. The number of carboxylic acid groups (broad SMARTS) is 1. The summed E-state index contributed by atoms with van der Waals surface area (Å²) >= 11 is 0. The molecule has 2 N–H and O–H groups in total. The van der Waals surface area contributed by atoms with Gasteiger partial charge in [0.15, 0.2) is 5.78 Å². The third kappa shape index (κ3) is 3.42. The Bertz CT molecular complexity index is 1080. The van der Waals surface area contributed by atoms with E-state index in [0.717, 1.165) is 50.5 Å². The minimum Gasteiger partial charge on any atom is -0.478 e. The average molecular weight is 511 g/mol. The molecule has 0 aromatic carbocycles. The Morgan fingerprint density at radius 2 is 1.59 bits per heavy atom. The van der Waals surface area contributed by atoms with Crippen molar-refractivity contribution in [3.63, 3.8) is 0 Å². The highest BCUT2D eigenvalue weighted by Gasteiger charge is 2.69. The van der Waals surface area contributed by atoms with Crippen molar-refractivity contribution in [1.29, 1.82) is 0 Å². The number of carbonyl (C=O) groups is 2. The van der Waals surface area contributed by atoms with E-state index in [4.69, 9.17) is 0 Å². The molecule has 4 nitrogen and oxygen atoms in total. The molecule has 0 bridgehead atoms. The normalized spacial score (nSPS) is 47.3. The number of Topliss-reactive ketones (excluding diaryl/α,β-unsaturated/α-hetero) is 1. The zero-order valence-corrected chi connectivity index (χ0v) is 24.5. The molecule has 4 saturated carbocycles. The van der Waals surface area contributed by atoms with E-state index < -0.39 is 11.4 Å². The fraction of sp³-hybridized carbons (Fsp3) is 0.818. The molecule has 0 aromatic rings. The van der Waals surface area contributed by atoms with Gasteiger partial charge in [0.05, 0.1) is 6.10 Å². The predicted molar refractivity (Wildman–Crippen MR) is 147 cm³/mol. The maximum Gasteiger partial charge on any atom is 0.330 e. The summed E-state index contributed by atoms with van der Waals surface area (Å²) in [5, 5.41) is 20.7. The molecule has 206 valence electrons. The van der Waals surface area contributed by atoms with Gasteiger partial charge in [-0.15, -0.1) is 0 Å². The van der Waals surface area contributed by atoms with Crippen molar-refractivity contribution in [1.82, 2.24) is 0 Å². The van der Waals surface area contributed by atoms with Crippen LogP contribution in [0.15, 0.2) is 22.8 Å². The summed E-state index contributed by atoms with van der Waals surface area (Å²) in [5.74, 6) is 0.988. The standard InChI is InChI=1S/C33H50O4/c1-19(2)26-22(34)18-33(17-20(3)28(36)37)16-15-31(7)21(27(26)33)9-10-24-30(6)13-12-25(35)29(4,5)23(30)11-14-32(24,31)8/h17,19,21,23-25,35H,9-16,18H2,1-8H3,(H,36,37). The minimum atomic E-state index is -0.878. The van der Waals surface area contributed by atoms with E-state index in [1.807, 2.05) is 6.08 Å². The first-order valence-corrected chi connectivity index (χ1v) is 14.9. The van der Waals surface area contributed by atoms with Gasteiger partial charge in [0, 0.05) is 17.4 Å². The summed E-state index contributed by atoms with van der Waals surface area (Å²) in [4.78, 5) is 25.5. The number of carboxylic acids is 1. The maximum absolute atomic E-state index is 13.6. The molecule has 0 heterocycles. The quantitative estimate of drug-likeness (QED) is 0.389. The van der Waals surface area contributed by atoms with Gasteiger partial charge in [-0.2, -0.15) is 0 Å². The first-order valence-electron chi connectivity index (χ1n) is 14.9. The van der Waals surface area contributed by atoms with Gasteiger partial charge in [-0.3, -0.25) is 4.79 Å². The highest BCUT2D eigenvalue weighted by Crippen LogP contribution is 2.76. The second-order valence-corrected chi connectivity index (χ2v) is 15.4. The highest BCUT2D eigenvalue weighted by molar-refractivity contribution is 6.01. The molecule has 5 rings (SSSR count). The van der Waals surface area contributed by atoms with E-state index >= 15 is 0 Å². The van der Waals surface area contributed by atoms with Gasteiger partial charge < -0.3 is 10.2 Å². The Morgan fingerprint density at radius 3 is 2.22 bits per heavy atom. The Balaban J connectivity index is 1.62. The summed E-state index contributed by atoms with van der Waals surface area (Å²) in [6.45, 7) is 18.2. The third-order valence-electron chi connectivity index (χ3n) is 13.3. The number of hydrogen-bond donors (Lipinski definition) is 2. The van der Waals surface area contributed by atoms with Crippen LogP contribution in [0, 0.1) is 50.7 Å². The molecule has 0 aromatic heterocycles. The lowest BCUT2D eigenvalue weighted by Crippen LogP contribution is -2.65. The molecular formula is C33H50O4. The van der Waals surface area contributed by atoms with E-state index in [1.54, 1.807) is 6.92 Å². The molecule has 4 heteroatoms. The van der Waals surface area contributed by atoms with Crippen LogP contribution in [-0.4, -0.2) is 28.1 Å². The molecule has 0 amide bonds. The molecule has 5 aliphatic rings. The molecule has 5 aliphatic carbocycles. The van der Waals surface area contributed by atoms with Crippen LogP contribution in [0.25, 0.3) is 0 Å². The summed E-state index contributed by atoms with van der Waals surface area (Å²) in [6.07, 6.45) is 10.7. The lowest BCUT2D eigenvalue weighted by Gasteiger charge is -2.72. The number of ketones is 1. The monoisotopic (exact) mass is 510 g/mol. The van der Waals surface area contributed by atoms with E-state index in [0.29, 0.717) is 29.7 Å². The van der Waals surface area contributed by atoms with E-state index in [-0.39, 0.29) is 39.5 Å². The van der Waals surface area contributed by atoms with Crippen molar-refractivity contribution >= 4 is 11.8 Å². The summed E-state index contributed by atoms with van der Waals surface area (Å²) < 4.78 is 0. The van der Waals surface area contributed by atoms with Crippen LogP contribution < -0.4 is 0 Å². The van der Waals surface area contributed by atoms with Crippen LogP contribution in [0.5, 0.6) is 0 Å². The van der Waals surface area contributed by atoms with Crippen molar-refractivity contribution in [3.8, 4) is 0 Å². The first-order chi connectivity index (χ1) is 17.0. The Hall–Kier alpha value is -1.42. The largest absolute Gasteiger partial charge is 0.478 e. The lowest BCUT2D eigenvalue weighted by molar-refractivity contribution is -0.227. The highest BCUT2D eigenvalue weighted by atomic mass is 16.4. The molecule has 0 aliphatic heterocycles. The van der Waals surface area contributed by atoms with Crippen molar-refractivity contribution in [3.05, 3.63) is 22.8 Å². The molecular weight excluding hydrogens is 460 g/mol. The number of allylic oxidation sites excluding steroid dienone is 3. The molecule has 8 unspecified atom stereocenters. The summed E-state index contributed by atoms with van der Waals surface area (Å²) in [5.41, 5.74) is 2.68. The van der Waals surface area contributed by atoms with E-state index in [1.165, 1.54) is 12.0 Å². The number of hydrogen-bond acceptors (Lipinski definition) is 3. The number of rotatable bonds is 3. The summed E-state index contributed by atoms with van der Waals surface area (Å²) in [6, 6.07) is 0. The number of aliphatic hydroxyl groups is 1. The van der Waals surface area contributed by atoms with Crippen molar-refractivity contribution in [2.24, 2.45) is 50.7 Å². The molecule has 0 spiro atoms. The molecule has 0 radical (unpaired) electrons. The van der Waals surface area contributed by atoms with Crippen LogP contribution in [0.3, 0.4) is 0 Å². The Labute approximate surface area is 224 Å². The molecule has 0 saturated heterocycles. The lowest BCUT2D eigenvalue weighted by atomic mass is 9.33. The zero-order chi connectivity index (χ0) is 27.3. The van der Waals surface area contributed by atoms with Crippen LogP contribution in [0.1, 0.15) is 113 Å². The van der Waals surface area contributed by atoms with Crippen LogP contribution >= 0.6 is 0 Å². The molecule has 37 heavy (non-hydrogen) atoms. The zero-order valence-electron chi connectivity index (χ0n) is 24.5. The van der Waals surface area contributed by atoms with Gasteiger partial charge in [0.25, 0.3) is 0 Å². The van der Waals surface area contributed by atoms with Crippen molar-refractivity contribution in [2.45, 2.75) is 119 Å². The van der Waals surface area contributed by atoms with Crippen molar-refractivity contribution < 1.29 is 19.8 Å². The van der Waals surface area contributed by atoms with Gasteiger partial charge in [-0.05, 0) is 115 Å². The Kier molecular flexibility index (Phi) is 6.09. The van der Waals surface area contributed by atoms with Gasteiger partial charge in [0.2, 0.25) is 0 Å². The minimum absolute atomic E-state index is 0.0574. The number of carbonyl (C=O) groups excluding carboxylic acids is 1.